The fraction of sp³-hybridized carbons (Fsp3) is 0.500. The monoisotopic (exact) mass is 220 g/mol. The van der Waals surface area contributed by atoms with Crippen molar-refractivity contribution in [1.29, 1.82) is 0 Å². The van der Waals surface area contributed by atoms with Crippen molar-refractivity contribution in [2.45, 2.75) is 38.1 Å². The molecule has 0 spiro atoms. The lowest BCUT2D eigenvalue weighted by atomic mass is 9.98. The number of nitro benzene ring substituents is 1. The third-order valence-corrected chi connectivity index (χ3v) is 3.35. The molecule has 0 heterocycles. The number of hydrogen-bond donors (Lipinski definition) is 1. The van der Waals surface area contributed by atoms with Crippen molar-refractivity contribution in [3.05, 3.63) is 39.4 Å². The Morgan fingerprint density at radius 2 is 2.19 bits per heavy atom. The van der Waals surface area contributed by atoms with Crippen molar-refractivity contribution in [2.24, 2.45) is 5.73 Å². The van der Waals surface area contributed by atoms with Gasteiger partial charge in [0.05, 0.1) is 4.92 Å². The van der Waals surface area contributed by atoms with Crippen LogP contribution in [0.25, 0.3) is 0 Å². The Morgan fingerprint density at radius 1 is 1.50 bits per heavy atom. The minimum Gasteiger partial charge on any atom is -0.325 e. The van der Waals surface area contributed by atoms with Gasteiger partial charge in [0.2, 0.25) is 0 Å². The van der Waals surface area contributed by atoms with E-state index in [-0.39, 0.29) is 16.1 Å². The van der Waals surface area contributed by atoms with Crippen molar-refractivity contribution in [3.63, 3.8) is 0 Å². The Balaban J connectivity index is 2.20. The summed E-state index contributed by atoms with van der Waals surface area (Å²) in [4.78, 5) is 10.6. The van der Waals surface area contributed by atoms with Crippen LogP contribution in [0.1, 0.15) is 30.4 Å². The molecule has 2 N–H and O–H groups in total. The summed E-state index contributed by atoms with van der Waals surface area (Å²) >= 11 is 0. The predicted molar refractivity (Wildman–Crippen MR) is 62.3 cm³/mol. The average molecular weight is 220 g/mol. The van der Waals surface area contributed by atoms with Crippen molar-refractivity contribution < 1.29 is 4.92 Å². The summed E-state index contributed by atoms with van der Waals surface area (Å²) in [6, 6.07) is 5.21. The molecule has 16 heavy (non-hydrogen) atoms. The summed E-state index contributed by atoms with van der Waals surface area (Å²) in [5, 5.41) is 10.9. The summed E-state index contributed by atoms with van der Waals surface area (Å²) in [6.45, 7) is 1.92. The Labute approximate surface area is 94.6 Å². The summed E-state index contributed by atoms with van der Waals surface area (Å²) in [7, 11) is 0. The van der Waals surface area contributed by atoms with Gasteiger partial charge in [0.25, 0.3) is 5.69 Å². The maximum atomic E-state index is 10.9. The first kappa shape index (κ1) is 11.1. The quantitative estimate of drug-likeness (QED) is 0.625. The van der Waals surface area contributed by atoms with Gasteiger partial charge in [-0.15, -0.1) is 0 Å². The van der Waals surface area contributed by atoms with Crippen LogP contribution in [-0.2, 0) is 6.42 Å². The fourth-order valence-electron chi connectivity index (χ4n) is 1.97. The second-order valence-corrected chi connectivity index (χ2v) is 4.69. The highest BCUT2D eigenvalue weighted by atomic mass is 16.6. The molecule has 1 saturated carbocycles. The standard InChI is InChI=1S/C12H16N2O2/c1-9-3-2-4-11(14(15)16)10(9)5-6-12(13)7-8-12/h2-4H,5-8,13H2,1H3. The molecule has 1 aromatic carbocycles. The van der Waals surface area contributed by atoms with E-state index in [1.807, 2.05) is 13.0 Å². The number of rotatable bonds is 4. The molecular weight excluding hydrogens is 204 g/mol. The van der Waals surface area contributed by atoms with Crippen LogP contribution in [-0.4, -0.2) is 10.5 Å². The lowest BCUT2D eigenvalue weighted by molar-refractivity contribution is -0.385. The number of hydrogen-bond acceptors (Lipinski definition) is 3. The molecule has 86 valence electrons. The molecule has 1 aromatic rings. The van der Waals surface area contributed by atoms with Crippen LogP contribution in [0.3, 0.4) is 0 Å². The molecule has 0 radical (unpaired) electrons. The van der Waals surface area contributed by atoms with Gasteiger partial charge in [-0.05, 0) is 38.2 Å². The molecule has 0 unspecified atom stereocenters. The second-order valence-electron chi connectivity index (χ2n) is 4.69. The highest BCUT2D eigenvalue weighted by Crippen LogP contribution is 2.37. The highest BCUT2D eigenvalue weighted by Gasteiger charge is 2.37. The van der Waals surface area contributed by atoms with Gasteiger partial charge in [-0.1, -0.05) is 12.1 Å². The van der Waals surface area contributed by atoms with E-state index in [0.29, 0.717) is 6.42 Å². The molecule has 1 aliphatic carbocycles. The van der Waals surface area contributed by atoms with Gasteiger partial charge in [-0.25, -0.2) is 0 Å². The largest absolute Gasteiger partial charge is 0.325 e. The van der Waals surface area contributed by atoms with Gasteiger partial charge < -0.3 is 5.73 Å². The second kappa shape index (κ2) is 3.87. The van der Waals surface area contributed by atoms with Crippen molar-refractivity contribution in [2.75, 3.05) is 0 Å². The zero-order valence-corrected chi connectivity index (χ0v) is 9.40. The van der Waals surface area contributed by atoms with E-state index >= 15 is 0 Å². The van der Waals surface area contributed by atoms with Crippen LogP contribution in [0.4, 0.5) is 5.69 Å². The van der Waals surface area contributed by atoms with Gasteiger partial charge in [0.1, 0.15) is 0 Å². The van der Waals surface area contributed by atoms with E-state index in [9.17, 15) is 10.1 Å². The van der Waals surface area contributed by atoms with Gasteiger partial charge in [0.15, 0.2) is 0 Å². The number of nitro groups is 1. The van der Waals surface area contributed by atoms with E-state index < -0.39 is 0 Å². The lowest BCUT2D eigenvalue weighted by Crippen LogP contribution is -2.22. The zero-order valence-electron chi connectivity index (χ0n) is 9.40. The van der Waals surface area contributed by atoms with Gasteiger partial charge in [0, 0.05) is 17.2 Å². The normalized spacial score (nSPS) is 17.1. The maximum Gasteiger partial charge on any atom is 0.272 e. The lowest BCUT2D eigenvalue weighted by Gasteiger charge is -2.10. The molecule has 1 fully saturated rings. The molecule has 0 atom stereocenters. The van der Waals surface area contributed by atoms with Crippen LogP contribution in [0.15, 0.2) is 18.2 Å². The van der Waals surface area contributed by atoms with E-state index in [1.54, 1.807) is 12.1 Å². The van der Waals surface area contributed by atoms with E-state index in [1.165, 1.54) is 0 Å². The molecule has 0 saturated heterocycles. The van der Waals surface area contributed by atoms with Crippen LogP contribution < -0.4 is 5.73 Å². The molecular formula is C12H16N2O2. The minimum absolute atomic E-state index is 0.0455. The van der Waals surface area contributed by atoms with Gasteiger partial charge in [-0.3, -0.25) is 10.1 Å². The van der Waals surface area contributed by atoms with Gasteiger partial charge >= 0.3 is 0 Å². The third-order valence-electron chi connectivity index (χ3n) is 3.35. The first-order chi connectivity index (χ1) is 7.52. The smallest absolute Gasteiger partial charge is 0.272 e. The zero-order chi connectivity index (χ0) is 11.8. The van der Waals surface area contributed by atoms with Crippen LogP contribution in [0.2, 0.25) is 0 Å². The van der Waals surface area contributed by atoms with Crippen LogP contribution in [0, 0.1) is 17.0 Å². The molecule has 4 heteroatoms. The first-order valence-corrected chi connectivity index (χ1v) is 5.54. The fourth-order valence-corrected chi connectivity index (χ4v) is 1.97. The Morgan fingerprint density at radius 3 is 2.75 bits per heavy atom. The summed E-state index contributed by atoms with van der Waals surface area (Å²) in [5.41, 5.74) is 8.00. The highest BCUT2D eigenvalue weighted by molar-refractivity contribution is 5.45. The van der Waals surface area contributed by atoms with Crippen molar-refractivity contribution in [1.82, 2.24) is 0 Å². The Hall–Kier alpha value is -1.42. The SMILES string of the molecule is Cc1cccc([N+](=O)[O-])c1CCC1(N)CC1. The number of nitrogens with zero attached hydrogens (tertiary/aromatic N) is 1. The molecule has 1 aliphatic rings. The Bertz CT molecular complexity index is 425. The van der Waals surface area contributed by atoms with Crippen LogP contribution >= 0.6 is 0 Å². The van der Waals surface area contributed by atoms with E-state index in [2.05, 4.69) is 0 Å². The third kappa shape index (κ3) is 2.22. The minimum atomic E-state index is -0.307. The van der Waals surface area contributed by atoms with E-state index in [0.717, 1.165) is 30.4 Å². The summed E-state index contributed by atoms with van der Waals surface area (Å²) in [6.07, 6.45) is 3.65. The number of benzene rings is 1. The molecule has 0 amide bonds. The summed E-state index contributed by atoms with van der Waals surface area (Å²) in [5.74, 6) is 0. The predicted octanol–water partition coefficient (Wildman–Crippen LogP) is 2.33. The molecule has 0 aromatic heterocycles. The first-order valence-electron chi connectivity index (χ1n) is 5.54. The average Bonchev–Trinajstić information content (AvgIpc) is 2.95. The number of aryl methyl sites for hydroxylation is 1. The number of nitrogens with two attached hydrogens (primary N) is 1. The molecule has 0 bridgehead atoms. The maximum absolute atomic E-state index is 10.9. The molecule has 2 rings (SSSR count). The molecule has 0 aliphatic heterocycles. The van der Waals surface area contributed by atoms with E-state index in [4.69, 9.17) is 5.73 Å². The van der Waals surface area contributed by atoms with Gasteiger partial charge in [-0.2, -0.15) is 0 Å². The van der Waals surface area contributed by atoms with Crippen molar-refractivity contribution >= 4 is 5.69 Å². The van der Waals surface area contributed by atoms with Crippen molar-refractivity contribution in [3.8, 4) is 0 Å². The topological polar surface area (TPSA) is 69.2 Å². The van der Waals surface area contributed by atoms with Crippen LogP contribution in [0.5, 0.6) is 0 Å². The summed E-state index contributed by atoms with van der Waals surface area (Å²) < 4.78 is 0. The molecule has 4 nitrogen and oxygen atoms in total. The Kier molecular flexibility index (Phi) is 2.68.